The van der Waals surface area contributed by atoms with E-state index in [0.29, 0.717) is 13.2 Å². The van der Waals surface area contributed by atoms with Gasteiger partial charge in [0.15, 0.2) is 0 Å². The van der Waals surface area contributed by atoms with Crippen LogP contribution in [0.25, 0.3) is 0 Å². The van der Waals surface area contributed by atoms with Crippen LogP contribution in [0.3, 0.4) is 0 Å². The van der Waals surface area contributed by atoms with Gasteiger partial charge < -0.3 is 15.2 Å². The zero-order chi connectivity index (χ0) is 8.97. The van der Waals surface area contributed by atoms with Crippen molar-refractivity contribution in [1.82, 2.24) is 0 Å². The Morgan fingerprint density at radius 2 is 2.67 bits per heavy atom. The minimum absolute atomic E-state index is 0.0596. The molecule has 1 heterocycles. The lowest BCUT2D eigenvalue weighted by atomic mass is 10.1. The number of hydrogen-bond acceptors (Lipinski definition) is 3. The third-order valence-electron chi connectivity index (χ3n) is 1.76. The van der Waals surface area contributed by atoms with Crippen LogP contribution in [-0.2, 0) is 9.47 Å². The van der Waals surface area contributed by atoms with Crippen molar-refractivity contribution < 1.29 is 14.3 Å². The lowest BCUT2D eigenvalue weighted by Crippen LogP contribution is -2.24. The summed E-state index contributed by atoms with van der Waals surface area (Å²) in [4.78, 5) is 10.3. The van der Waals surface area contributed by atoms with E-state index in [-0.39, 0.29) is 12.0 Å². The SMILES string of the molecule is C[C@H](COC(N)=O)[C@@H]1C=CCO1. The predicted molar refractivity (Wildman–Crippen MR) is 43.6 cm³/mol. The molecule has 0 saturated carbocycles. The maximum absolute atomic E-state index is 10.3. The Bertz CT molecular complexity index is 191. The molecule has 0 saturated heterocycles. The average molecular weight is 171 g/mol. The first-order valence-corrected chi connectivity index (χ1v) is 3.90. The van der Waals surface area contributed by atoms with E-state index in [0.717, 1.165) is 0 Å². The maximum atomic E-state index is 10.3. The topological polar surface area (TPSA) is 61.5 Å². The van der Waals surface area contributed by atoms with Gasteiger partial charge in [0.25, 0.3) is 0 Å². The number of nitrogens with two attached hydrogens (primary N) is 1. The highest BCUT2D eigenvalue weighted by molar-refractivity contribution is 5.64. The van der Waals surface area contributed by atoms with Gasteiger partial charge in [0.2, 0.25) is 0 Å². The lowest BCUT2D eigenvalue weighted by Gasteiger charge is -2.16. The highest BCUT2D eigenvalue weighted by Crippen LogP contribution is 2.13. The van der Waals surface area contributed by atoms with Crippen LogP contribution in [-0.4, -0.2) is 25.4 Å². The highest BCUT2D eigenvalue weighted by atomic mass is 16.5. The quantitative estimate of drug-likeness (QED) is 0.635. The summed E-state index contributed by atoms with van der Waals surface area (Å²) in [6.45, 7) is 2.90. The van der Waals surface area contributed by atoms with E-state index < -0.39 is 6.09 Å². The normalized spacial score (nSPS) is 23.9. The third kappa shape index (κ3) is 2.54. The summed E-state index contributed by atoms with van der Waals surface area (Å²) in [5.41, 5.74) is 4.82. The summed E-state index contributed by atoms with van der Waals surface area (Å²) in [6.07, 6.45) is 3.24. The van der Waals surface area contributed by atoms with E-state index in [2.05, 4.69) is 4.74 Å². The van der Waals surface area contributed by atoms with Crippen molar-refractivity contribution >= 4 is 6.09 Å². The van der Waals surface area contributed by atoms with Crippen LogP contribution < -0.4 is 5.73 Å². The standard InChI is InChI=1S/C8H13NO3/c1-6(5-12-8(9)10)7-3-2-4-11-7/h2-3,6-7H,4-5H2,1H3,(H2,9,10)/t6-,7+/m1/s1. The van der Waals surface area contributed by atoms with Gasteiger partial charge in [-0.25, -0.2) is 4.79 Å². The van der Waals surface area contributed by atoms with Gasteiger partial charge in [-0.3, -0.25) is 0 Å². The van der Waals surface area contributed by atoms with Crippen LogP contribution in [0.4, 0.5) is 4.79 Å². The highest BCUT2D eigenvalue weighted by Gasteiger charge is 2.18. The maximum Gasteiger partial charge on any atom is 0.404 e. The van der Waals surface area contributed by atoms with Crippen LogP contribution in [0.2, 0.25) is 0 Å². The second-order valence-electron chi connectivity index (χ2n) is 2.83. The van der Waals surface area contributed by atoms with Gasteiger partial charge in [0.05, 0.1) is 19.3 Å². The monoisotopic (exact) mass is 171 g/mol. The van der Waals surface area contributed by atoms with Gasteiger partial charge in [-0.15, -0.1) is 0 Å². The average Bonchev–Trinajstić information content (AvgIpc) is 2.51. The Morgan fingerprint density at radius 1 is 1.92 bits per heavy atom. The second-order valence-corrected chi connectivity index (χ2v) is 2.83. The summed E-state index contributed by atoms with van der Waals surface area (Å²) >= 11 is 0. The molecule has 0 aromatic heterocycles. The Morgan fingerprint density at radius 3 is 3.17 bits per heavy atom. The largest absolute Gasteiger partial charge is 0.449 e. The number of hydrogen-bond donors (Lipinski definition) is 1. The number of primary amides is 1. The van der Waals surface area contributed by atoms with Crippen molar-refractivity contribution in [2.45, 2.75) is 13.0 Å². The smallest absolute Gasteiger partial charge is 0.404 e. The van der Waals surface area contributed by atoms with Crippen molar-refractivity contribution in [3.63, 3.8) is 0 Å². The van der Waals surface area contributed by atoms with E-state index in [1.807, 2.05) is 19.1 Å². The molecule has 68 valence electrons. The van der Waals surface area contributed by atoms with Crippen LogP contribution in [0, 0.1) is 5.92 Å². The Hall–Kier alpha value is -1.03. The molecule has 0 unspecified atom stereocenters. The van der Waals surface area contributed by atoms with Gasteiger partial charge in [0.1, 0.15) is 0 Å². The van der Waals surface area contributed by atoms with E-state index in [1.165, 1.54) is 0 Å². The van der Waals surface area contributed by atoms with Crippen molar-refractivity contribution in [2.75, 3.05) is 13.2 Å². The zero-order valence-corrected chi connectivity index (χ0v) is 7.03. The molecule has 0 aromatic carbocycles. The Balaban J connectivity index is 2.23. The second kappa shape index (κ2) is 4.11. The summed E-state index contributed by atoms with van der Waals surface area (Å²) in [5.74, 6) is 0.163. The van der Waals surface area contributed by atoms with E-state index in [9.17, 15) is 4.79 Å². The van der Waals surface area contributed by atoms with Crippen molar-refractivity contribution in [1.29, 1.82) is 0 Å². The molecule has 0 bridgehead atoms. The van der Waals surface area contributed by atoms with Gasteiger partial charge in [0, 0.05) is 5.92 Å². The summed E-state index contributed by atoms with van der Waals surface area (Å²) in [5, 5.41) is 0. The molecule has 4 heteroatoms. The number of rotatable bonds is 3. The molecule has 1 amide bonds. The van der Waals surface area contributed by atoms with Crippen LogP contribution in [0.1, 0.15) is 6.92 Å². The fourth-order valence-corrected chi connectivity index (χ4v) is 1.07. The Kier molecular flexibility index (Phi) is 3.10. The first-order chi connectivity index (χ1) is 5.70. The fraction of sp³-hybridized carbons (Fsp3) is 0.625. The third-order valence-corrected chi connectivity index (χ3v) is 1.76. The van der Waals surface area contributed by atoms with E-state index >= 15 is 0 Å². The molecule has 2 N–H and O–H groups in total. The number of carbonyl (C=O) groups excluding carboxylic acids is 1. The van der Waals surface area contributed by atoms with Crippen LogP contribution >= 0.6 is 0 Å². The number of carbonyl (C=O) groups is 1. The van der Waals surface area contributed by atoms with Gasteiger partial charge in [-0.05, 0) is 0 Å². The minimum Gasteiger partial charge on any atom is -0.449 e. The molecule has 12 heavy (non-hydrogen) atoms. The van der Waals surface area contributed by atoms with Crippen molar-refractivity contribution in [3.8, 4) is 0 Å². The van der Waals surface area contributed by atoms with Gasteiger partial charge >= 0.3 is 6.09 Å². The molecular formula is C8H13NO3. The summed E-state index contributed by atoms with van der Waals surface area (Å²) < 4.78 is 9.94. The molecule has 0 aromatic rings. The molecule has 0 fully saturated rings. The number of ether oxygens (including phenoxy) is 2. The van der Waals surface area contributed by atoms with E-state index in [4.69, 9.17) is 10.5 Å². The summed E-state index contributed by atoms with van der Waals surface area (Å²) in [6, 6.07) is 0. The lowest BCUT2D eigenvalue weighted by molar-refractivity contribution is 0.0523. The van der Waals surface area contributed by atoms with E-state index in [1.54, 1.807) is 0 Å². The van der Waals surface area contributed by atoms with Crippen LogP contribution in [0.15, 0.2) is 12.2 Å². The molecule has 0 aliphatic carbocycles. The summed E-state index contributed by atoms with van der Waals surface area (Å²) in [7, 11) is 0. The number of amides is 1. The fourth-order valence-electron chi connectivity index (χ4n) is 1.07. The molecule has 1 aliphatic rings. The molecule has 0 radical (unpaired) electrons. The first-order valence-electron chi connectivity index (χ1n) is 3.90. The van der Waals surface area contributed by atoms with Crippen molar-refractivity contribution in [3.05, 3.63) is 12.2 Å². The molecule has 1 rings (SSSR count). The van der Waals surface area contributed by atoms with Gasteiger partial charge in [-0.2, -0.15) is 0 Å². The zero-order valence-electron chi connectivity index (χ0n) is 7.03. The minimum atomic E-state index is -0.733. The molecular weight excluding hydrogens is 158 g/mol. The first kappa shape index (κ1) is 9.06. The van der Waals surface area contributed by atoms with Crippen LogP contribution in [0.5, 0.6) is 0 Å². The Labute approximate surface area is 71.3 Å². The predicted octanol–water partition coefficient (Wildman–Crippen LogP) is 0.673. The molecule has 1 aliphatic heterocycles. The molecule has 0 spiro atoms. The van der Waals surface area contributed by atoms with Gasteiger partial charge in [-0.1, -0.05) is 19.1 Å². The molecule has 2 atom stereocenters. The van der Waals surface area contributed by atoms with Crippen molar-refractivity contribution in [2.24, 2.45) is 11.7 Å². The molecule has 4 nitrogen and oxygen atoms in total.